The maximum absolute atomic E-state index is 12.5. The highest BCUT2D eigenvalue weighted by Gasteiger charge is 2.16. The molecule has 1 fully saturated rings. The Morgan fingerprint density at radius 2 is 1.89 bits per heavy atom. The van der Waals surface area contributed by atoms with Gasteiger partial charge in [0.05, 0.1) is 23.4 Å². The van der Waals surface area contributed by atoms with E-state index in [1.54, 1.807) is 36.5 Å². The summed E-state index contributed by atoms with van der Waals surface area (Å²) in [6.07, 6.45) is 3.79. The predicted molar refractivity (Wildman–Crippen MR) is 106 cm³/mol. The highest BCUT2D eigenvalue weighted by molar-refractivity contribution is 6.11. The summed E-state index contributed by atoms with van der Waals surface area (Å²) in [4.78, 5) is 24.5. The fourth-order valence-electron chi connectivity index (χ4n) is 3.18. The van der Waals surface area contributed by atoms with Crippen molar-refractivity contribution >= 4 is 34.2 Å². The number of hydrogen-bond donors (Lipinski definition) is 4. The van der Waals surface area contributed by atoms with Gasteiger partial charge in [-0.2, -0.15) is 5.10 Å². The third kappa shape index (κ3) is 4.12. The van der Waals surface area contributed by atoms with Crippen molar-refractivity contribution in [3.63, 3.8) is 0 Å². The van der Waals surface area contributed by atoms with Gasteiger partial charge in [-0.15, -0.1) is 0 Å². The molecule has 2 heterocycles. The summed E-state index contributed by atoms with van der Waals surface area (Å²) in [6.45, 7) is 1.26. The molecule has 1 aromatic heterocycles. The third-order valence-corrected chi connectivity index (χ3v) is 4.64. The molecule has 0 saturated carbocycles. The van der Waals surface area contributed by atoms with Crippen molar-refractivity contribution in [2.45, 2.75) is 18.9 Å². The van der Waals surface area contributed by atoms with Gasteiger partial charge in [0.1, 0.15) is 0 Å². The van der Waals surface area contributed by atoms with Gasteiger partial charge >= 0.3 is 6.03 Å². The van der Waals surface area contributed by atoms with E-state index in [0.29, 0.717) is 29.0 Å². The monoisotopic (exact) mass is 379 g/mol. The van der Waals surface area contributed by atoms with Crippen LogP contribution in [0.4, 0.5) is 16.2 Å². The Bertz CT molecular complexity index is 977. The Balaban J connectivity index is 1.33. The third-order valence-electron chi connectivity index (χ3n) is 4.64. The van der Waals surface area contributed by atoms with Crippen LogP contribution in [0.15, 0.2) is 48.7 Å². The Morgan fingerprint density at radius 1 is 1.11 bits per heavy atom. The zero-order chi connectivity index (χ0) is 19.3. The molecule has 8 nitrogen and oxygen atoms in total. The van der Waals surface area contributed by atoms with E-state index in [1.165, 1.54) is 0 Å². The molecule has 1 atom stereocenters. The molecule has 1 saturated heterocycles. The van der Waals surface area contributed by atoms with Crippen molar-refractivity contribution < 1.29 is 14.3 Å². The lowest BCUT2D eigenvalue weighted by atomic mass is 10.1. The van der Waals surface area contributed by atoms with E-state index in [-0.39, 0.29) is 18.0 Å². The molecule has 2 aromatic carbocycles. The van der Waals surface area contributed by atoms with Gasteiger partial charge < -0.3 is 20.7 Å². The van der Waals surface area contributed by atoms with E-state index in [0.717, 1.165) is 24.8 Å². The number of nitrogens with zero attached hydrogens (tertiary/aromatic N) is 1. The Hall–Kier alpha value is -3.39. The largest absolute Gasteiger partial charge is 0.376 e. The van der Waals surface area contributed by atoms with Crippen LogP contribution in [-0.4, -0.2) is 41.4 Å². The molecule has 4 N–H and O–H groups in total. The molecule has 4 rings (SSSR count). The molecule has 0 aliphatic carbocycles. The lowest BCUT2D eigenvalue weighted by Gasteiger charge is -2.12. The van der Waals surface area contributed by atoms with Crippen LogP contribution >= 0.6 is 0 Å². The summed E-state index contributed by atoms with van der Waals surface area (Å²) in [5.41, 5.74) is 2.48. The molecule has 1 unspecified atom stereocenters. The first-order chi connectivity index (χ1) is 13.7. The molecule has 3 amide bonds. The first-order valence-corrected chi connectivity index (χ1v) is 9.19. The number of carbonyl (C=O) groups is 2. The zero-order valence-electron chi connectivity index (χ0n) is 15.2. The molecule has 0 radical (unpaired) electrons. The molecular weight excluding hydrogens is 358 g/mol. The number of amides is 3. The predicted octanol–water partition coefficient (Wildman–Crippen LogP) is 3.12. The van der Waals surface area contributed by atoms with Gasteiger partial charge in [0.2, 0.25) is 0 Å². The van der Waals surface area contributed by atoms with E-state index in [2.05, 4.69) is 26.1 Å². The molecule has 8 heteroatoms. The molecule has 0 spiro atoms. The van der Waals surface area contributed by atoms with Crippen LogP contribution in [0.3, 0.4) is 0 Å². The number of para-hydroxylation sites is 1. The summed E-state index contributed by atoms with van der Waals surface area (Å²) in [7, 11) is 0. The zero-order valence-corrected chi connectivity index (χ0v) is 15.2. The number of fused-ring (bicyclic) bond motifs is 1. The molecular formula is C20H21N5O3. The van der Waals surface area contributed by atoms with Crippen LogP contribution in [0.2, 0.25) is 0 Å². The van der Waals surface area contributed by atoms with Crippen LogP contribution in [0, 0.1) is 0 Å². The minimum atomic E-state index is -0.279. The summed E-state index contributed by atoms with van der Waals surface area (Å²) < 4.78 is 5.48. The molecule has 0 bridgehead atoms. The van der Waals surface area contributed by atoms with Crippen LogP contribution < -0.4 is 16.0 Å². The topological polar surface area (TPSA) is 108 Å². The van der Waals surface area contributed by atoms with E-state index >= 15 is 0 Å². The highest BCUT2D eigenvalue weighted by atomic mass is 16.5. The van der Waals surface area contributed by atoms with Crippen LogP contribution in [0.1, 0.15) is 23.2 Å². The number of anilines is 2. The number of hydrogen-bond acceptors (Lipinski definition) is 4. The number of carbonyl (C=O) groups excluding carboxylic acids is 2. The number of rotatable bonds is 5. The van der Waals surface area contributed by atoms with Gasteiger partial charge in [-0.1, -0.05) is 12.1 Å². The highest BCUT2D eigenvalue weighted by Crippen LogP contribution is 2.19. The number of benzene rings is 2. The lowest BCUT2D eigenvalue weighted by Crippen LogP contribution is -2.35. The summed E-state index contributed by atoms with van der Waals surface area (Å²) in [6, 6.07) is 12.1. The quantitative estimate of drug-likeness (QED) is 0.546. The first-order valence-electron chi connectivity index (χ1n) is 9.19. The first kappa shape index (κ1) is 18.0. The normalized spacial score (nSPS) is 16.1. The smallest absolute Gasteiger partial charge is 0.319 e. The van der Waals surface area contributed by atoms with Crippen LogP contribution in [0.5, 0.6) is 0 Å². The summed E-state index contributed by atoms with van der Waals surface area (Å²) in [5.74, 6) is -0.232. The van der Waals surface area contributed by atoms with Crippen molar-refractivity contribution in [2.24, 2.45) is 0 Å². The van der Waals surface area contributed by atoms with Gasteiger partial charge in [0.25, 0.3) is 5.91 Å². The van der Waals surface area contributed by atoms with E-state index in [9.17, 15) is 9.59 Å². The number of nitrogens with one attached hydrogen (secondary N) is 4. The minimum absolute atomic E-state index is 0.0997. The minimum Gasteiger partial charge on any atom is -0.376 e. The number of aromatic amines is 1. The van der Waals surface area contributed by atoms with Gasteiger partial charge in [0.15, 0.2) is 0 Å². The van der Waals surface area contributed by atoms with E-state index in [4.69, 9.17) is 4.74 Å². The second-order valence-corrected chi connectivity index (χ2v) is 6.64. The maximum atomic E-state index is 12.5. The maximum Gasteiger partial charge on any atom is 0.319 e. The Morgan fingerprint density at radius 3 is 2.64 bits per heavy atom. The van der Waals surface area contributed by atoms with Crippen LogP contribution in [0.25, 0.3) is 10.9 Å². The van der Waals surface area contributed by atoms with Crippen molar-refractivity contribution in [1.29, 1.82) is 0 Å². The fraction of sp³-hybridized carbons (Fsp3) is 0.250. The van der Waals surface area contributed by atoms with E-state index < -0.39 is 0 Å². The summed E-state index contributed by atoms with van der Waals surface area (Å²) >= 11 is 0. The van der Waals surface area contributed by atoms with Crippen molar-refractivity contribution in [2.75, 3.05) is 23.8 Å². The molecule has 144 valence electrons. The standard InChI is InChI=1S/C20H21N5O3/c26-19(17-5-1-3-13-11-22-25-18(13)17)23-14-6-8-15(9-7-14)24-20(27)21-12-16-4-2-10-28-16/h1,3,5-9,11,16H,2,4,10,12H2,(H,22,25)(H,23,26)(H2,21,24,27). The molecule has 1 aliphatic rings. The average Bonchev–Trinajstić information content (AvgIpc) is 3.39. The number of aromatic nitrogens is 2. The van der Waals surface area contributed by atoms with E-state index in [1.807, 2.05) is 12.1 Å². The molecule has 3 aromatic rings. The SMILES string of the molecule is O=C(NCC1CCCO1)Nc1ccc(NC(=O)c2cccc3cn[nH]c23)cc1. The van der Waals surface area contributed by atoms with Gasteiger partial charge in [0, 0.05) is 29.9 Å². The Labute approximate surface area is 161 Å². The van der Waals surface area contributed by atoms with Crippen molar-refractivity contribution in [3.05, 3.63) is 54.2 Å². The second kappa shape index (κ2) is 8.10. The molecule has 28 heavy (non-hydrogen) atoms. The fourth-order valence-corrected chi connectivity index (χ4v) is 3.18. The summed E-state index contributed by atoms with van der Waals surface area (Å²) in [5, 5.41) is 16.1. The van der Waals surface area contributed by atoms with Crippen molar-refractivity contribution in [1.82, 2.24) is 15.5 Å². The molecule has 1 aliphatic heterocycles. The lowest BCUT2D eigenvalue weighted by molar-refractivity contribution is 0.102. The van der Waals surface area contributed by atoms with Gasteiger partial charge in [-0.25, -0.2) is 4.79 Å². The number of ether oxygens (including phenoxy) is 1. The Kier molecular flexibility index (Phi) is 5.20. The number of urea groups is 1. The van der Waals surface area contributed by atoms with Gasteiger partial charge in [-0.3, -0.25) is 9.89 Å². The number of H-pyrrole nitrogens is 1. The second-order valence-electron chi connectivity index (χ2n) is 6.64. The average molecular weight is 379 g/mol. The van der Waals surface area contributed by atoms with Crippen LogP contribution in [-0.2, 0) is 4.74 Å². The van der Waals surface area contributed by atoms with Crippen molar-refractivity contribution in [3.8, 4) is 0 Å². The van der Waals surface area contributed by atoms with Gasteiger partial charge in [-0.05, 0) is 43.2 Å².